The zero-order valence-electron chi connectivity index (χ0n) is 15.2. The number of imidazole rings is 1. The van der Waals surface area contributed by atoms with Crippen LogP contribution in [0.4, 0.5) is 4.39 Å². The second-order valence-corrected chi connectivity index (χ2v) is 5.78. The molecule has 154 valence electrons. The quantitative estimate of drug-likeness (QED) is 0.197. The molecule has 1 fully saturated rings. The highest BCUT2D eigenvalue weighted by molar-refractivity contribution is 5.92. The summed E-state index contributed by atoms with van der Waals surface area (Å²) < 4.78 is 35.8. The number of halogens is 1. The first-order chi connectivity index (χ1) is 13.1. The summed E-state index contributed by atoms with van der Waals surface area (Å²) in [5, 5.41) is 0. The Labute approximate surface area is 158 Å². The van der Waals surface area contributed by atoms with E-state index < -0.39 is 60.0 Å². The first-order valence-electron chi connectivity index (χ1n) is 8.02. The van der Waals surface area contributed by atoms with Crippen molar-refractivity contribution in [3.05, 3.63) is 18.0 Å². The lowest BCUT2D eigenvalue weighted by molar-refractivity contribution is -0.166. The molecule has 1 aromatic heterocycles. The monoisotopic (exact) mass is 402 g/mol. The van der Waals surface area contributed by atoms with Crippen molar-refractivity contribution in [2.75, 3.05) is 6.61 Å². The number of hydrogen-bond donors (Lipinski definition) is 2. The van der Waals surface area contributed by atoms with E-state index >= 15 is 0 Å². The molecular weight excluding hydrogens is 383 g/mol. The van der Waals surface area contributed by atoms with Crippen molar-refractivity contribution in [3.8, 4) is 0 Å². The Balaban J connectivity index is 2.46. The van der Waals surface area contributed by atoms with Crippen molar-refractivity contribution in [2.45, 2.75) is 45.3 Å². The number of carbonyl (C=O) groups excluding carboxylic acids is 4. The number of amides is 1. The van der Waals surface area contributed by atoms with Crippen molar-refractivity contribution in [1.82, 2.24) is 15.0 Å². The Morgan fingerprint density at radius 3 is 2.32 bits per heavy atom. The number of esters is 3. The number of nitrogens with zero attached hydrogens (tertiary/aromatic N) is 2. The van der Waals surface area contributed by atoms with E-state index in [4.69, 9.17) is 24.8 Å². The van der Waals surface area contributed by atoms with Crippen molar-refractivity contribution in [3.63, 3.8) is 0 Å². The van der Waals surface area contributed by atoms with Crippen LogP contribution in [-0.2, 0) is 33.3 Å². The molecule has 13 heteroatoms. The van der Waals surface area contributed by atoms with Gasteiger partial charge >= 0.3 is 17.9 Å². The predicted octanol–water partition coefficient (Wildman–Crippen LogP) is -1.05. The van der Waals surface area contributed by atoms with Gasteiger partial charge in [-0.15, -0.1) is 0 Å². The SMILES string of the molecule is CC(=O)OCC1OC(n2cnc(F)c2C(=O)NN)C(OC(C)=O)C1OC(C)=O. The van der Waals surface area contributed by atoms with Gasteiger partial charge in [-0.05, 0) is 0 Å². The third kappa shape index (κ3) is 4.61. The molecule has 0 bridgehead atoms. The molecule has 4 atom stereocenters. The summed E-state index contributed by atoms with van der Waals surface area (Å²) in [5.41, 5.74) is 1.17. The normalized spacial score (nSPS) is 23.8. The first kappa shape index (κ1) is 21.2. The van der Waals surface area contributed by atoms with E-state index in [1.165, 1.54) is 0 Å². The van der Waals surface area contributed by atoms with Crippen LogP contribution in [0.2, 0.25) is 0 Å². The summed E-state index contributed by atoms with van der Waals surface area (Å²) in [5.74, 6) is 0.772. The molecule has 0 aliphatic carbocycles. The highest BCUT2D eigenvalue weighted by atomic mass is 19.1. The van der Waals surface area contributed by atoms with Crippen molar-refractivity contribution in [1.29, 1.82) is 0 Å². The maximum Gasteiger partial charge on any atom is 0.303 e. The first-order valence-corrected chi connectivity index (χ1v) is 8.02. The van der Waals surface area contributed by atoms with E-state index in [1.54, 1.807) is 5.43 Å². The molecule has 1 aliphatic heterocycles. The maximum atomic E-state index is 14.0. The van der Waals surface area contributed by atoms with Gasteiger partial charge in [-0.25, -0.2) is 10.8 Å². The van der Waals surface area contributed by atoms with E-state index in [-0.39, 0.29) is 6.61 Å². The van der Waals surface area contributed by atoms with Crippen LogP contribution in [-0.4, -0.2) is 58.3 Å². The molecule has 0 saturated carbocycles. The summed E-state index contributed by atoms with van der Waals surface area (Å²) in [6, 6.07) is 0. The number of carbonyl (C=O) groups is 4. The van der Waals surface area contributed by atoms with Crippen LogP contribution >= 0.6 is 0 Å². The van der Waals surface area contributed by atoms with Crippen LogP contribution in [0.3, 0.4) is 0 Å². The third-order valence-electron chi connectivity index (χ3n) is 3.71. The van der Waals surface area contributed by atoms with Crippen LogP contribution in [0.1, 0.15) is 37.5 Å². The molecule has 1 aliphatic rings. The lowest BCUT2D eigenvalue weighted by atomic mass is 10.1. The zero-order chi connectivity index (χ0) is 21.0. The van der Waals surface area contributed by atoms with Crippen LogP contribution in [0.25, 0.3) is 0 Å². The molecule has 0 radical (unpaired) electrons. The van der Waals surface area contributed by atoms with Gasteiger partial charge in [0.05, 0.1) is 0 Å². The summed E-state index contributed by atoms with van der Waals surface area (Å²) in [7, 11) is 0. The maximum absolute atomic E-state index is 14.0. The van der Waals surface area contributed by atoms with E-state index in [9.17, 15) is 23.6 Å². The van der Waals surface area contributed by atoms with Gasteiger partial charge in [-0.2, -0.15) is 4.39 Å². The second kappa shape index (κ2) is 8.75. The lowest BCUT2D eigenvalue weighted by Gasteiger charge is -2.24. The largest absolute Gasteiger partial charge is 0.463 e. The summed E-state index contributed by atoms with van der Waals surface area (Å²) in [6.45, 7) is 3.03. The highest BCUT2D eigenvalue weighted by Gasteiger charge is 2.51. The van der Waals surface area contributed by atoms with E-state index in [1.807, 2.05) is 0 Å². The van der Waals surface area contributed by atoms with E-state index in [0.29, 0.717) is 0 Å². The molecule has 12 nitrogen and oxygen atoms in total. The van der Waals surface area contributed by atoms with E-state index in [0.717, 1.165) is 31.7 Å². The van der Waals surface area contributed by atoms with Gasteiger partial charge in [0.25, 0.3) is 5.91 Å². The minimum Gasteiger partial charge on any atom is -0.463 e. The number of aromatic nitrogens is 2. The number of nitrogens with two attached hydrogens (primary N) is 1. The average molecular weight is 402 g/mol. The third-order valence-corrected chi connectivity index (χ3v) is 3.71. The second-order valence-electron chi connectivity index (χ2n) is 5.78. The molecule has 4 unspecified atom stereocenters. The number of hydrogen-bond acceptors (Lipinski definition) is 10. The van der Waals surface area contributed by atoms with Gasteiger partial charge in [0, 0.05) is 20.8 Å². The van der Waals surface area contributed by atoms with Crippen LogP contribution < -0.4 is 11.3 Å². The Hall–Kier alpha value is -3.06. The Morgan fingerprint density at radius 1 is 1.18 bits per heavy atom. The zero-order valence-corrected chi connectivity index (χ0v) is 15.2. The van der Waals surface area contributed by atoms with Gasteiger partial charge in [0.2, 0.25) is 5.95 Å². The van der Waals surface area contributed by atoms with Crippen molar-refractivity contribution < 1.29 is 42.5 Å². The molecule has 1 amide bonds. The Bertz CT molecular complexity index is 782. The van der Waals surface area contributed by atoms with Crippen LogP contribution in [0.15, 0.2) is 6.33 Å². The number of rotatable bonds is 6. The highest BCUT2D eigenvalue weighted by Crippen LogP contribution is 2.35. The average Bonchev–Trinajstić information content (AvgIpc) is 3.13. The Morgan fingerprint density at radius 2 is 1.79 bits per heavy atom. The predicted molar refractivity (Wildman–Crippen MR) is 85.5 cm³/mol. The molecular formula is C15H19FN4O8. The van der Waals surface area contributed by atoms with Gasteiger partial charge < -0.3 is 18.9 Å². The fourth-order valence-electron chi connectivity index (χ4n) is 2.73. The van der Waals surface area contributed by atoms with Crippen molar-refractivity contribution in [2.24, 2.45) is 5.84 Å². The minimum absolute atomic E-state index is 0.350. The van der Waals surface area contributed by atoms with Crippen LogP contribution in [0, 0.1) is 5.95 Å². The Kier molecular flexibility index (Phi) is 6.64. The van der Waals surface area contributed by atoms with Crippen molar-refractivity contribution >= 4 is 23.8 Å². The standard InChI is InChI=1S/C15H19FN4O8/c1-6(21)25-4-9-11(26-7(2)22)12(27-8(3)23)15(28-9)20-5-18-13(16)10(20)14(24)19-17/h5,9,11-12,15H,4,17H2,1-3H3,(H,19,24). The summed E-state index contributed by atoms with van der Waals surface area (Å²) in [6.07, 6.45) is -3.95. The van der Waals surface area contributed by atoms with Gasteiger partial charge in [-0.3, -0.25) is 29.2 Å². The summed E-state index contributed by atoms with van der Waals surface area (Å²) in [4.78, 5) is 49.5. The molecule has 2 heterocycles. The molecule has 28 heavy (non-hydrogen) atoms. The van der Waals surface area contributed by atoms with E-state index in [2.05, 4.69) is 4.98 Å². The molecule has 1 saturated heterocycles. The molecule has 2 rings (SSSR count). The van der Waals surface area contributed by atoms with Crippen LogP contribution in [0.5, 0.6) is 0 Å². The fourth-order valence-corrected chi connectivity index (χ4v) is 2.73. The van der Waals surface area contributed by atoms with Gasteiger partial charge in [0.15, 0.2) is 24.1 Å². The van der Waals surface area contributed by atoms with Gasteiger partial charge in [0.1, 0.15) is 19.0 Å². The summed E-state index contributed by atoms with van der Waals surface area (Å²) >= 11 is 0. The minimum atomic E-state index is -1.32. The number of ether oxygens (including phenoxy) is 4. The lowest BCUT2D eigenvalue weighted by Crippen LogP contribution is -2.41. The smallest absolute Gasteiger partial charge is 0.303 e. The molecule has 0 aromatic carbocycles. The molecule has 1 aromatic rings. The topological polar surface area (TPSA) is 161 Å². The molecule has 0 spiro atoms. The number of nitrogen functional groups attached to an aromatic ring is 1. The number of hydrazine groups is 1. The number of nitrogens with one attached hydrogen (secondary N) is 1. The molecule has 3 N–H and O–H groups in total. The van der Waals surface area contributed by atoms with Gasteiger partial charge in [-0.1, -0.05) is 0 Å². The fraction of sp³-hybridized carbons (Fsp3) is 0.533.